The van der Waals surface area contributed by atoms with Crippen LogP contribution in [0.4, 0.5) is 5.69 Å². The average molecular weight is 475 g/mol. The largest absolute Gasteiger partial charge is 0.457 e. The van der Waals surface area contributed by atoms with E-state index in [9.17, 15) is 13.2 Å². The van der Waals surface area contributed by atoms with Gasteiger partial charge in [0.05, 0.1) is 10.9 Å². The number of carbonyl (C=O) groups excluding carboxylic acids is 1. The van der Waals surface area contributed by atoms with Gasteiger partial charge < -0.3 is 10.1 Å². The minimum Gasteiger partial charge on any atom is -0.457 e. The number of hydrogen-bond acceptors (Lipinski definition) is 4. The molecule has 0 unspecified atom stereocenters. The number of nitrogens with one attached hydrogen (secondary N) is 2. The Kier molecular flexibility index (Phi) is 6.68. The van der Waals surface area contributed by atoms with E-state index in [4.69, 9.17) is 4.74 Å². The van der Waals surface area contributed by atoms with Crippen molar-refractivity contribution in [1.82, 2.24) is 4.72 Å². The van der Waals surface area contributed by atoms with E-state index < -0.39 is 22.0 Å². The molecule has 0 bridgehead atoms. The molecule has 0 radical (unpaired) electrons. The summed E-state index contributed by atoms with van der Waals surface area (Å²) in [6, 6.07) is 21.4. The number of anilines is 1. The van der Waals surface area contributed by atoms with E-state index in [0.29, 0.717) is 17.2 Å². The van der Waals surface area contributed by atoms with Gasteiger partial charge in [0.15, 0.2) is 0 Å². The van der Waals surface area contributed by atoms with Crippen molar-refractivity contribution in [3.05, 3.63) is 83.3 Å². The highest BCUT2D eigenvalue weighted by Gasteiger charge is 2.22. The third-order valence-electron chi connectivity index (χ3n) is 3.95. The van der Waals surface area contributed by atoms with Crippen molar-refractivity contribution in [3.63, 3.8) is 0 Å². The number of halogens is 1. The standard InChI is InChI=1S/C21H19BrN2O4S/c1-15(24-29(26,27)20-13-7-16(22)8-14-20)21(25)23-17-9-11-19(12-10-17)28-18-5-3-2-4-6-18/h2-15,24H,1H3,(H,23,25)/t15-/m0/s1. The third kappa shape index (κ3) is 5.90. The summed E-state index contributed by atoms with van der Waals surface area (Å²) in [7, 11) is -3.81. The maximum absolute atomic E-state index is 12.4. The van der Waals surface area contributed by atoms with Gasteiger partial charge in [-0.3, -0.25) is 4.79 Å². The number of para-hydroxylation sites is 1. The summed E-state index contributed by atoms with van der Waals surface area (Å²) in [5.74, 6) is 0.862. The molecule has 29 heavy (non-hydrogen) atoms. The molecule has 6 nitrogen and oxygen atoms in total. The first-order chi connectivity index (χ1) is 13.8. The molecule has 0 saturated carbocycles. The zero-order chi connectivity index (χ0) is 20.9. The van der Waals surface area contributed by atoms with Crippen LogP contribution in [0.2, 0.25) is 0 Å². The molecule has 1 atom stereocenters. The topological polar surface area (TPSA) is 84.5 Å². The van der Waals surface area contributed by atoms with Gasteiger partial charge >= 0.3 is 0 Å². The summed E-state index contributed by atoms with van der Waals surface area (Å²) in [4.78, 5) is 12.5. The normalized spacial score (nSPS) is 12.2. The van der Waals surface area contributed by atoms with Crippen molar-refractivity contribution in [3.8, 4) is 11.5 Å². The smallest absolute Gasteiger partial charge is 0.242 e. The van der Waals surface area contributed by atoms with Crippen LogP contribution in [0.5, 0.6) is 11.5 Å². The lowest BCUT2D eigenvalue weighted by molar-refractivity contribution is -0.117. The second-order valence-corrected chi connectivity index (χ2v) is 8.86. The molecule has 0 heterocycles. The fourth-order valence-corrected chi connectivity index (χ4v) is 3.92. The van der Waals surface area contributed by atoms with Crippen molar-refractivity contribution < 1.29 is 17.9 Å². The van der Waals surface area contributed by atoms with E-state index in [1.807, 2.05) is 30.3 Å². The van der Waals surface area contributed by atoms with Gasteiger partial charge in [0, 0.05) is 10.2 Å². The Morgan fingerprint density at radius 2 is 1.48 bits per heavy atom. The molecule has 3 aromatic rings. The molecular weight excluding hydrogens is 456 g/mol. The van der Waals surface area contributed by atoms with Gasteiger partial charge in [-0.15, -0.1) is 0 Å². The lowest BCUT2D eigenvalue weighted by Gasteiger charge is -2.15. The van der Waals surface area contributed by atoms with Gasteiger partial charge in [0.2, 0.25) is 15.9 Å². The highest BCUT2D eigenvalue weighted by molar-refractivity contribution is 9.10. The Morgan fingerprint density at radius 1 is 0.897 bits per heavy atom. The molecular formula is C21H19BrN2O4S. The minimum atomic E-state index is -3.81. The highest BCUT2D eigenvalue weighted by Crippen LogP contribution is 2.22. The van der Waals surface area contributed by atoms with Gasteiger partial charge in [-0.25, -0.2) is 8.42 Å². The van der Waals surface area contributed by atoms with Crippen molar-refractivity contribution in [1.29, 1.82) is 0 Å². The van der Waals surface area contributed by atoms with Crippen LogP contribution in [0.25, 0.3) is 0 Å². The van der Waals surface area contributed by atoms with E-state index in [2.05, 4.69) is 26.0 Å². The molecule has 150 valence electrons. The van der Waals surface area contributed by atoms with Crippen molar-refractivity contribution in [2.75, 3.05) is 5.32 Å². The van der Waals surface area contributed by atoms with E-state index >= 15 is 0 Å². The predicted octanol–water partition coefficient (Wildman–Crippen LogP) is 4.55. The minimum absolute atomic E-state index is 0.0859. The van der Waals surface area contributed by atoms with Crippen LogP contribution in [0.15, 0.2) is 88.2 Å². The number of benzene rings is 3. The van der Waals surface area contributed by atoms with Gasteiger partial charge in [-0.2, -0.15) is 4.72 Å². The van der Waals surface area contributed by atoms with Gasteiger partial charge in [-0.1, -0.05) is 34.1 Å². The number of ether oxygens (including phenoxy) is 1. The first-order valence-corrected chi connectivity index (χ1v) is 11.0. The summed E-state index contributed by atoms with van der Waals surface area (Å²) < 4.78 is 33.7. The molecule has 0 aliphatic carbocycles. The molecule has 0 aliphatic rings. The fourth-order valence-electron chi connectivity index (χ4n) is 2.45. The van der Waals surface area contributed by atoms with Gasteiger partial charge in [0.25, 0.3) is 0 Å². The van der Waals surface area contributed by atoms with Crippen LogP contribution in [-0.2, 0) is 14.8 Å². The summed E-state index contributed by atoms with van der Waals surface area (Å²) in [6.07, 6.45) is 0. The molecule has 8 heteroatoms. The number of carbonyl (C=O) groups is 1. The van der Waals surface area contributed by atoms with Crippen molar-refractivity contribution >= 4 is 37.5 Å². The molecule has 0 spiro atoms. The maximum atomic E-state index is 12.4. The monoisotopic (exact) mass is 474 g/mol. The molecule has 0 aromatic heterocycles. The van der Waals surface area contributed by atoms with Crippen LogP contribution in [0.1, 0.15) is 6.92 Å². The van der Waals surface area contributed by atoms with Crippen LogP contribution in [-0.4, -0.2) is 20.4 Å². The average Bonchev–Trinajstić information content (AvgIpc) is 2.70. The Hall–Kier alpha value is -2.68. The second-order valence-electron chi connectivity index (χ2n) is 6.23. The van der Waals surface area contributed by atoms with Gasteiger partial charge in [-0.05, 0) is 67.6 Å². The first-order valence-electron chi connectivity index (χ1n) is 8.75. The molecule has 2 N–H and O–H groups in total. The van der Waals surface area contributed by atoms with Crippen LogP contribution in [0, 0.1) is 0 Å². The summed E-state index contributed by atoms with van der Waals surface area (Å²) >= 11 is 3.26. The number of amides is 1. The van der Waals surface area contributed by atoms with Crippen molar-refractivity contribution in [2.24, 2.45) is 0 Å². The zero-order valence-corrected chi connectivity index (χ0v) is 17.9. The molecule has 0 fully saturated rings. The Labute approximate surface area is 178 Å². The maximum Gasteiger partial charge on any atom is 0.242 e. The summed E-state index contributed by atoms with van der Waals surface area (Å²) in [5.41, 5.74) is 0.533. The number of rotatable bonds is 7. The molecule has 3 rings (SSSR count). The highest BCUT2D eigenvalue weighted by atomic mass is 79.9. The lowest BCUT2D eigenvalue weighted by Crippen LogP contribution is -2.41. The van der Waals surface area contributed by atoms with Gasteiger partial charge in [0.1, 0.15) is 11.5 Å². The molecule has 1 amide bonds. The molecule has 0 aliphatic heterocycles. The van der Waals surface area contributed by atoms with Crippen LogP contribution < -0.4 is 14.8 Å². The van der Waals surface area contributed by atoms with E-state index in [-0.39, 0.29) is 4.90 Å². The van der Waals surface area contributed by atoms with E-state index in [0.717, 1.165) is 4.47 Å². The Morgan fingerprint density at radius 3 is 2.10 bits per heavy atom. The Bertz CT molecular complexity index is 1070. The van der Waals surface area contributed by atoms with Crippen LogP contribution >= 0.6 is 15.9 Å². The predicted molar refractivity (Wildman–Crippen MR) is 116 cm³/mol. The van der Waals surface area contributed by atoms with E-state index in [1.165, 1.54) is 19.1 Å². The summed E-state index contributed by atoms with van der Waals surface area (Å²) in [5, 5.41) is 2.69. The lowest BCUT2D eigenvalue weighted by atomic mass is 10.2. The zero-order valence-electron chi connectivity index (χ0n) is 15.5. The second kappa shape index (κ2) is 9.21. The number of sulfonamides is 1. The quantitative estimate of drug-likeness (QED) is 0.525. The van der Waals surface area contributed by atoms with Crippen molar-refractivity contribution in [2.45, 2.75) is 17.9 Å². The SMILES string of the molecule is C[C@H](NS(=O)(=O)c1ccc(Br)cc1)C(=O)Nc1ccc(Oc2ccccc2)cc1. The fraction of sp³-hybridized carbons (Fsp3) is 0.0952. The summed E-state index contributed by atoms with van der Waals surface area (Å²) in [6.45, 7) is 1.48. The number of hydrogen-bond donors (Lipinski definition) is 2. The third-order valence-corrected chi connectivity index (χ3v) is 6.04. The Balaban J connectivity index is 1.59. The molecule has 0 saturated heterocycles. The molecule has 3 aromatic carbocycles. The first kappa shape index (κ1) is 21.0. The van der Waals surface area contributed by atoms with Crippen LogP contribution in [0.3, 0.4) is 0 Å². The van der Waals surface area contributed by atoms with E-state index in [1.54, 1.807) is 36.4 Å².